The second-order valence-corrected chi connectivity index (χ2v) is 10.9. The Morgan fingerprint density at radius 2 is 1.62 bits per heavy atom. The Kier molecular flexibility index (Phi) is 6.14. The van der Waals surface area contributed by atoms with E-state index < -0.39 is 10.0 Å². The van der Waals surface area contributed by atoms with E-state index in [1.54, 1.807) is 30.4 Å². The molecule has 32 heavy (non-hydrogen) atoms. The van der Waals surface area contributed by atoms with E-state index in [9.17, 15) is 13.2 Å². The first-order valence-corrected chi connectivity index (χ1v) is 12.9. The van der Waals surface area contributed by atoms with Crippen molar-refractivity contribution in [1.82, 2.24) is 4.98 Å². The van der Waals surface area contributed by atoms with Gasteiger partial charge < -0.3 is 5.32 Å². The first-order chi connectivity index (χ1) is 15.2. The largest absolute Gasteiger partial charge is 0.321 e. The maximum Gasteiger partial charge on any atom is 0.267 e. The van der Waals surface area contributed by atoms with Crippen LogP contribution in [0.1, 0.15) is 26.5 Å². The number of aromatic nitrogens is 1. The van der Waals surface area contributed by atoms with E-state index in [1.165, 1.54) is 23.5 Å². The normalized spacial score (nSPS) is 11.3. The van der Waals surface area contributed by atoms with E-state index in [0.29, 0.717) is 21.9 Å². The molecule has 2 N–H and O–H groups in total. The van der Waals surface area contributed by atoms with Crippen LogP contribution in [0.5, 0.6) is 0 Å². The summed E-state index contributed by atoms with van der Waals surface area (Å²) in [6, 6.07) is 15.6. The van der Waals surface area contributed by atoms with Crippen LogP contribution < -0.4 is 10.0 Å². The lowest BCUT2D eigenvalue weighted by Crippen LogP contribution is -2.15. The molecule has 0 atom stereocenters. The summed E-state index contributed by atoms with van der Waals surface area (Å²) in [6.07, 6.45) is 0. The second kappa shape index (κ2) is 8.85. The summed E-state index contributed by atoms with van der Waals surface area (Å²) in [6.45, 7) is 5.51. The second-order valence-electron chi connectivity index (χ2n) is 7.26. The quantitative estimate of drug-likeness (QED) is 0.360. The monoisotopic (exact) mass is 483 g/mol. The first kappa shape index (κ1) is 22.2. The minimum atomic E-state index is -3.75. The maximum atomic E-state index is 12.8. The highest BCUT2D eigenvalue weighted by atomic mass is 32.2. The molecular formula is C23H21N3O3S3. The standard InChI is InChI=1S/C23H21N3O3S3/c1-14-6-4-7-15(2)20(14)26-32(28,29)18-11-9-17(10-12-18)25-22(27)21-16(3)24-23(31-21)19-8-5-13-30-19/h4-13,26H,1-3H3,(H,25,27). The minimum absolute atomic E-state index is 0.118. The highest BCUT2D eigenvalue weighted by Gasteiger charge is 2.19. The fourth-order valence-electron chi connectivity index (χ4n) is 3.19. The van der Waals surface area contributed by atoms with Gasteiger partial charge in [0.1, 0.15) is 9.88 Å². The fourth-order valence-corrected chi connectivity index (χ4v) is 6.15. The van der Waals surface area contributed by atoms with Crippen molar-refractivity contribution in [2.24, 2.45) is 0 Å². The van der Waals surface area contributed by atoms with Gasteiger partial charge in [-0.15, -0.1) is 22.7 Å². The number of anilines is 2. The van der Waals surface area contributed by atoms with Gasteiger partial charge in [-0.2, -0.15) is 0 Å². The van der Waals surface area contributed by atoms with Crippen LogP contribution in [0, 0.1) is 20.8 Å². The van der Waals surface area contributed by atoms with Crippen LogP contribution in [0.15, 0.2) is 64.9 Å². The third-order valence-corrected chi connectivity index (χ3v) is 8.44. The zero-order chi connectivity index (χ0) is 22.9. The Labute approximate surface area is 195 Å². The van der Waals surface area contributed by atoms with Gasteiger partial charge in [-0.3, -0.25) is 9.52 Å². The van der Waals surface area contributed by atoms with E-state index in [4.69, 9.17) is 0 Å². The lowest BCUT2D eigenvalue weighted by molar-refractivity contribution is 0.103. The number of hydrogen-bond donors (Lipinski definition) is 2. The molecule has 1 amide bonds. The zero-order valence-corrected chi connectivity index (χ0v) is 20.1. The number of sulfonamides is 1. The SMILES string of the molecule is Cc1cccc(C)c1NS(=O)(=O)c1ccc(NC(=O)c2sc(-c3cccs3)nc2C)cc1. The molecule has 2 aromatic heterocycles. The molecule has 0 aliphatic rings. The van der Waals surface area contributed by atoms with Gasteiger partial charge in [-0.05, 0) is 67.6 Å². The van der Waals surface area contributed by atoms with Crippen molar-refractivity contribution in [3.05, 3.63) is 81.7 Å². The number of nitrogens with one attached hydrogen (secondary N) is 2. The van der Waals surface area contributed by atoms with Crippen molar-refractivity contribution >= 4 is 50.0 Å². The topological polar surface area (TPSA) is 88.2 Å². The summed E-state index contributed by atoms with van der Waals surface area (Å²) < 4.78 is 28.3. The molecule has 2 heterocycles. The molecule has 0 bridgehead atoms. The summed E-state index contributed by atoms with van der Waals surface area (Å²) >= 11 is 2.91. The van der Waals surface area contributed by atoms with E-state index in [0.717, 1.165) is 21.0 Å². The summed E-state index contributed by atoms with van der Waals surface area (Å²) in [5.41, 5.74) is 3.44. The number of benzene rings is 2. The van der Waals surface area contributed by atoms with Gasteiger partial charge in [-0.1, -0.05) is 24.3 Å². The molecule has 9 heteroatoms. The predicted octanol–water partition coefficient (Wildman–Crippen LogP) is 5.85. The van der Waals surface area contributed by atoms with Gasteiger partial charge in [0, 0.05) is 5.69 Å². The Hall–Kier alpha value is -3.01. The molecule has 6 nitrogen and oxygen atoms in total. The van der Waals surface area contributed by atoms with Crippen molar-refractivity contribution in [2.45, 2.75) is 25.7 Å². The van der Waals surface area contributed by atoms with Crippen molar-refractivity contribution in [2.75, 3.05) is 10.0 Å². The van der Waals surface area contributed by atoms with E-state index >= 15 is 0 Å². The van der Waals surface area contributed by atoms with Crippen LogP contribution in [0.25, 0.3) is 9.88 Å². The minimum Gasteiger partial charge on any atom is -0.321 e. The number of aryl methyl sites for hydroxylation is 3. The molecule has 164 valence electrons. The Bertz CT molecular complexity index is 1350. The number of carbonyl (C=O) groups is 1. The van der Waals surface area contributed by atoms with Crippen LogP contribution >= 0.6 is 22.7 Å². The highest BCUT2D eigenvalue weighted by molar-refractivity contribution is 7.92. The molecule has 0 fully saturated rings. The summed E-state index contributed by atoms with van der Waals surface area (Å²) in [5.74, 6) is -0.271. The zero-order valence-electron chi connectivity index (χ0n) is 17.7. The maximum absolute atomic E-state index is 12.8. The van der Waals surface area contributed by atoms with Gasteiger partial charge >= 0.3 is 0 Å². The summed E-state index contributed by atoms with van der Waals surface area (Å²) in [7, 11) is -3.75. The summed E-state index contributed by atoms with van der Waals surface area (Å²) in [4.78, 5) is 18.9. The molecule has 0 aliphatic carbocycles. The number of thiazole rings is 1. The van der Waals surface area contributed by atoms with Crippen molar-refractivity contribution < 1.29 is 13.2 Å². The number of nitrogens with zero attached hydrogens (tertiary/aromatic N) is 1. The van der Waals surface area contributed by atoms with Crippen LogP contribution in [-0.2, 0) is 10.0 Å². The number of thiophene rings is 1. The first-order valence-electron chi connectivity index (χ1n) is 9.76. The Balaban J connectivity index is 1.50. The number of amides is 1. The van der Waals surface area contributed by atoms with E-state index in [2.05, 4.69) is 15.0 Å². The number of rotatable bonds is 6. The van der Waals surface area contributed by atoms with Crippen LogP contribution in [0.2, 0.25) is 0 Å². The average Bonchev–Trinajstić information content (AvgIpc) is 3.41. The molecule has 4 aromatic rings. The molecule has 0 saturated heterocycles. The smallest absolute Gasteiger partial charge is 0.267 e. The van der Waals surface area contributed by atoms with Crippen LogP contribution in [0.3, 0.4) is 0 Å². The van der Waals surface area contributed by atoms with E-state index in [-0.39, 0.29) is 10.8 Å². The molecule has 0 aliphatic heterocycles. The Morgan fingerprint density at radius 1 is 0.938 bits per heavy atom. The van der Waals surface area contributed by atoms with Crippen molar-refractivity contribution in [1.29, 1.82) is 0 Å². The number of para-hydroxylation sites is 1. The molecule has 0 unspecified atom stereocenters. The molecule has 0 saturated carbocycles. The fraction of sp³-hybridized carbons (Fsp3) is 0.130. The molecule has 2 aromatic carbocycles. The van der Waals surface area contributed by atoms with Gasteiger partial charge in [-0.25, -0.2) is 13.4 Å². The van der Waals surface area contributed by atoms with Crippen LogP contribution in [-0.4, -0.2) is 19.3 Å². The van der Waals surface area contributed by atoms with Gasteiger partial charge in [0.05, 0.1) is 21.2 Å². The number of carbonyl (C=O) groups excluding carboxylic acids is 1. The van der Waals surface area contributed by atoms with Crippen molar-refractivity contribution in [3.63, 3.8) is 0 Å². The van der Waals surface area contributed by atoms with Gasteiger partial charge in [0.15, 0.2) is 0 Å². The number of hydrogen-bond acceptors (Lipinski definition) is 6. The molecule has 0 radical (unpaired) electrons. The highest BCUT2D eigenvalue weighted by Crippen LogP contribution is 2.31. The van der Waals surface area contributed by atoms with Crippen LogP contribution in [0.4, 0.5) is 11.4 Å². The lowest BCUT2D eigenvalue weighted by Gasteiger charge is -2.13. The van der Waals surface area contributed by atoms with Crippen molar-refractivity contribution in [3.8, 4) is 9.88 Å². The predicted molar refractivity (Wildman–Crippen MR) is 131 cm³/mol. The third kappa shape index (κ3) is 4.59. The summed E-state index contributed by atoms with van der Waals surface area (Å²) in [5, 5.41) is 5.60. The van der Waals surface area contributed by atoms with Gasteiger partial charge in [0.25, 0.3) is 15.9 Å². The van der Waals surface area contributed by atoms with Gasteiger partial charge in [0.2, 0.25) is 0 Å². The molecule has 0 spiro atoms. The lowest BCUT2D eigenvalue weighted by atomic mass is 10.1. The third-order valence-electron chi connectivity index (χ3n) is 4.87. The van der Waals surface area contributed by atoms with E-state index in [1.807, 2.05) is 49.6 Å². The average molecular weight is 484 g/mol. The molecule has 4 rings (SSSR count). The molecular weight excluding hydrogens is 462 g/mol. The Morgan fingerprint density at radius 3 is 2.25 bits per heavy atom.